The molecule has 0 saturated heterocycles. The molecule has 4 aromatic rings. The molecular formula is C23H17NO2S. The monoisotopic (exact) mass is 371 g/mol. The summed E-state index contributed by atoms with van der Waals surface area (Å²) in [7, 11) is 0. The third-order valence-electron chi connectivity index (χ3n) is 4.63. The molecule has 3 nitrogen and oxygen atoms in total. The Kier molecular flexibility index (Phi) is 4.57. The van der Waals surface area contributed by atoms with Crippen LogP contribution in [0.15, 0.2) is 85.1 Å². The fourth-order valence-corrected chi connectivity index (χ4v) is 3.57. The van der Waals surface area contributed by atoms with Gasteiger partial charge in [-0.25, -0.2) is 4.79 Å². The molecule has 0 radical (unpaired) electrons. The number of aromatic carboxylic acids is 1. The first-order chi connectivity index (χ1) is 13.1. The van der Waals surface area contributed by atoms with E-state index < -0.39 is 5.97 Å². The molecule has 1 aromatic heterocycles. The van der Waals surface area contributed by atoms with Gasteiger partial charge >= 0.3 is 5.97 Å². The largest absolute Gasteiger partial charge is 0.478 e. The molecule has 3 aromatic carbocycles. The van der Waals surface area contributed by atoms with Gasteiger partial charge in [-0.1, -0.05) is 85.0 Å². The van der Waals surface area contributed by atoms with E-state index in [9.17, 15) is 9.90 Å². The fourth-order valence-electron chi connectivity index (χ4n) is 3.26. The number of aromatic nitrogens is 1. The summed E-state index contributed by atoms with van der Waals surface area (Å²) in [6.07, 6.45) is 1.64. The van der Waals surface area contributed by atoms with E-state index >= 15 is 0 Å². The average molecular weight is 371 g/mol. The van der Waals surface area contributed by atoms with Crippen LogP contribution in [-0.2, 0) is 6.54 Å². The molecule has 27 heavy (non-hydrogen) atoms. The standard InChI is InChI=1S/C23H17NO2S/c25-23(26)20-15-24(21-9-5-4-8-19(21)22(20)27)14-16-10-12-18(13-11-16)17-6-2-1-3-7-17/h1-13,15H,14H2,(H,25,26). The second-order valence-electron chi connectivity index (χ2n) is 6.39. The lowest BCUT2D eigenvalue weighted by Crippen LogP contribution is -2.08. The molecule has 0 aliphatic carbocycles. The average Bonchev–Trinajstić information content (AvgIpc) is 2.71. The second-order valence-corrected chi connectivity index (χ2v) is 6.79. The summed E-state index contributed by atoms with van der Waals surface area (Å²) in [6, 6.07) is 26.2. The van der Waals surface area contributed by atoms with Crippen LogP contribution in [0.1, 0.15) is 15.9 Å². The van der Waals surface area contributed by atoms with Crippen molar-refractivity contribution in [2.24, 2.45) is 0 Å². The van der Waals surface area contributed by atoms with Gasteiger partial charge in [0.1, 0.15) is 0 Å². The highest BCUT2D eigenvalue weighted by Gasteiger charge is 2.12. The van der Waals surface area contributed by atoms with Crippen molar-refractivity contribution in [3.05, 3.63) is 101 Å². The number of hydrogen-bond donors (Lipinski definition) is 1. The summed E-state index contributed by atoms with van der Waals surface area (Å²) in [6.45, 7) is 0.575. The summed E-state index contributed by atoms with van der Waals surface area (Å²) in [5.74, 6) is -1.00. The van der Waals surface area contributed by atoms with Gasteiger partial charge in [0.05, 0.1) is 10.1 Å². The van der Waals surface area contributed by atoms with E-state index in [0.29, 0.717) is 11.1 Å². The normalized spacial score (nSPS) is 10.8. The van der Waals surface area contributed by atoms with Crippen LogP contribution in [0, 0.1) is 4.51 Å². The summed E-state index contributed by atoms with van der Waals surface area (Å²) in [4.78, 5) is 11.6. The predicted molar refractivity (Wildman–Crippen MR) is 111 cm³/mol. The first kappa shape index (κ1) is 17.2. The second kappa shape index (κ2) is 7.17. The zero-order valence-electron chi connectivity index (χ0n) is 14.5. The number of pyridine rings is 1. The highest BCUT2D eigenvalue weighted by atomic mass is 32.1. The van der Waals surface area contributed by atoms with Crippen molar-refractivity contribution in [2.75, 3.05) is 0 Å². The van der Waals surface area contributed by atoms with E-state index in [-0.39, 0.29) is 5.56 Å². The zero-order chi connectivity index (χ0) is 18.8. The van der Waals surface area contributed by atoms with Crippen LogP contribution in [0.4, 0.5) is 0 Å². The SMILES string of the molecule is O=C(O)c1cn(Cc2ccc(-c3ccccc3)cc2)c2ccccc2c1=S. The van der Waals surface area contributed by atoms with Crippen LogP contribution in [0.3, 0.4) is 0 Å². The van der Waals surface area contributed by atoms with Crippen molar-refractivity contribution in [1.29, 1.82) is 0 Å². The van der Waals surface area contributed by atoms with E-state index in [1.165, 1.54) is 5.56 Å². The Morgan fingerprint density at radius 2 is 1.48 bits per heavy atom. The maximum atomic E-state index is 11.6. The van der Waals surface area contributed by atoms with Crippen LogP contribution in [0.5, 0.6) is 0 Å². The predicted octanol–water partition coefficient (Wildman–Crippen LogP) is 5.78. The van der Waals surface area contributed by atoms with Gasteiger partial charge in [-0.15, -0.1) is 0 Å². The molecule has 0 spiro atoms. The molecule has 132 valence electrons. The van der Waals surface area contributed by atoms with Gasteiger partial charge in [0.2, 0.25) is 0 Å². The molecule has 0 aliphatic rings. The van der Waals surface area contributed by atoms with Crippen molar-refractivity contribution in [3.63, 3.8) is 0 Å². The minimum Gasteiger partial charge on any atom is -0.478 e. The molecule has 4 heteroatoms. The van der Waals surface area contributed by atoms with E-state index in [1.54, 1.807) is 6.20 Å². The number of para-hydroxylation sites is 1. The van der Waals surface area contributed by atoms with Crippen molar-refractivity contribution in [2.45, 2.75) is 6.54 Å². The smallest absolute Gasteiger partial charge is 0.338 e. The van der Waals surface area contributed by atoms with Crippen molar-refractivity contribution in [3.8, 4) is 11.1 Å². The molecule has 0 amide bonds. The number of carboxylic acid groups (broad SMARTS) is 1. The first-order valence-corrected chi connectivity index (χ1v) is 9.04. The van der Waals surface area contributed by atoms with Gasteiger partial charge in [-0.2, -0.15) is 0 Å². The Bertz CT molecular complexity index is 1180. The molecule has 0 unspecified atom stereocenters. The maximum absolute atomic E-state index is 11.6. The Balaban J connectivity index is 1.74. The topological polar surface area (TPSA) is 42.2 Å². The van der Waals surface area contributed by atoms with Crippen LogP contribution < -0.4 is 0 Å². The van der Waals surface area contributed by atoms with Crippen LogP contribution in [0.25, 0.3) is 22.0 Å². The lowest BCUT2D eigenvalue weighted by atomic mass is 10.0. The van der Waals surface area contributed by atoms with Gasteiger partial charge in [-0.05, 0) is 22.8 Å². The molecule has 1 N–H and O–H groups in total. The molecule has 0 saturated carbocycles. The third-order valence-corrected chi connectivity index (χ3v) is 5.07. The van der Waals surface area contributed by atoms with E-state index in [2.05, 4.69) is 36.4 Å². The first-order valence-electron chi connectivity index (χ1n) is 8.63. The molecule has 0 fully saturated rings. The fraction of sp³-hybridized carbons (Fsp3) is 0.0435. The van der Waals surface area contributed by atoms with Crippen molar-refractivity contribution in [1.82, 2.24) is 4.57 Å². The molecule has 0 atom stereocenters. The number of benzene rings is 3. The zero-order valence-corrected chi connectivity index (χ0v) is 15.3. The lowest BCUT2D eigenvalue weighted by Gasteiger charge is -2.14. The third kappa shape index (κ3) is 3.39. The van der Waals surface area contributed by atoms with Crippen molar-refractivity contribution < 1.29 is 9.90 Å². The van der Waals surface area contributed by atoms with Crippen LogP contribution in [-0.4, -0.2) is 15.6 Å². The number of rotatable bonds is 4. The highest BCUT2D eigenvalue weighted by molar-refractivity contribution is 7.71. The summed E-state index contributed by atoms with van der Waals surface area (Å²) in [5.41, 5.74) is 4.51. The molecule has 4 rings (SSSR count). The van der Waals surface area contributed by atoms with Gasteiger partial charge in [-0.3, -0.25) is 0 Å². The number of fused-ring (bicyclic) bond motifs is 1. The minimum absolute atomic E-state index is 0.157. The minimum atomic E-state index is -1.00. The molecule has 1 heterocycles. The molecule has 0 aliphatic heterocycles. The summed E-state index contributed by atoms with van der Waals surface area (Å²) in [5, 5.41) is 10.3. The highest BCUT2D eigenvalue weighted by Crippen LogP contribution is 2.23. The van der Waals surface area contributed by atoms with E-state index in [0.717, 1.165) is 22.0 Å². The Morgan fingerprint density at radius 1 is 0.852 bits per heavy atom. The quantitative estimate of drug-likeness (QED) is 0.462. The van der Waals surface area contributed by atoms with Crippen LogP contribution in [0.2, 0.25) is 0 Å². The number of carboxylic acids is 1. The number of nitrogens with zero attached hydrogens (tertiary/aromatic N) is 1. The molecule has 0 bridgehead atoms. The maximum Gasteiger partial charge on any atom is 0.338 e. The lowest BCUT2D eigenvalue weighted by molar-refractivity contribution is 0.0695. The van der Waals surface area contributed by atoms with E-state index in [4.69, 9.17) is 12.2 Å². The summed E-state index contributed by atoms with van der Waals surface area (Å²) < 4.78 is 2.33. The van der Waals surface area contributed by atoms with Gasteiger partial charge < -0.3 is 9.67 Å². The number of carbonyl (C=O) groups is 1. The summed E-state index contributed by atoms with van der Waals surface area (Å²) >= 11 is 5.37. The number of hydrogen-bond acceptors (Lipinski definition) is 2. The van der Waals surface area contributed by atoms with Crippen molar-refractivity contribution >= 4 is 29.1 Å². The van der Waals surface area contributed by atoms with Gasteiger partial charge in [0, 0.05) is 23.6 Å². The van der Waals surface area contributed by atoms with Gasteiger partial charge in [0.25, 0.3) is 0 Å². The van der Waals surface area contributed by atoms with E-state index in [1.807, 2.05) is 47.0 Å². The van der Waals surface area contributed by atoms with Gasteiger partial charge in [0.15, 0.2) is 0 Å². The molecular weight excluding hydrogens is 354 g/mol. The Hall–Kier alpha value is -3.24. The Labute approximate surface area is 162 Å². The Morgan fingerprint density at radius 3 is 2.19 bits per heavy atom. The van der Waals surface area contributed by atoms with Crippen LogP contribution >= 0.6 is 12.2 Å².